The Hall–Kier alpha value is -3.45. The number of halogens is 1. The number of carbonyl (C=O) groups excluding carboxylic acids is 2. The molecule has 36 heavy (non-hydrogen) atoms. The first-order valence-electron chi connectivity index (χ1n) is 12.1. The van der Waals surface area contributed by atoms with Crippen LogP contribution in [0.2, 0.25) is 0 Å². The second kappa shape index (κ2) is 11.5. The average Bonchev–Trinajstić information content (AvgIpc) is 3.36. The number of fused-ring (bicyclic) bond motifs is 1. The summed E-state index contributed by atoms with van der Waals surface area (Å²) in [5.74, 6) is -0.170. The molecule has 0 bridgehead atoms. The highest BCUT2D eigenvalue weighted by Gasteiger charge is 2.33. The van der Waals surface area contributed by atoms with Gasteiger partial charge in [0.15, 0.2) is 0 Å². The van der Waals surface area contributed by atoms with Crippen LogP contribution in [-0.2, 0) is 11.2 Å². The second-order valence-electron chi connectivity index (χ2n) is 9.14. The van der Waals surface area contributed by atoms with Crippen molar-refractivity contribution >= 4 is 23.2 Å². The highest BCUT2D eigenvalue weighted by atomic mass is 32.1. The minimum atomic E-state index is -0.611. The van der Waals surface area contributed by atoms with Gasteiger partial charge in [-0.15, -0.1) is 17.9 Å². The van der Waals surface area contributed by atoms with Crippen molar-refractivity contribution in [3.63, 3.8) is 0 Å². The fraction of sp³-hybridized carbons (Fsp3) is 0.310. The molecule has 0 unspecified atom stereocenters. The molecule has 0 radical (unpaired) electrons. The Morgan fingerprint density at radius 1 is 1.19 bits per heavy atom. The number of carbonyl (C=O) groups is 2. The lowest BCUT2D eigenvalue weighted by atomic mass is 10.00. The molecule has 0 fully saturated rings. The molecule has 7 heteroatoms. The molecule has 4 rings (SSSR count). The Bertz CT molecular complexity index is 1220. The molecule has 5 nitrogen and oxygen atoms in total. The Balaban J connectivity index is 1.51. The first-order chi connectivity index (χ1) is 17.4. The maximum absolute atomic E-state index is 14.3. The van der Waals surface area contributed by atoms with Crippen molar-refractivity contribution in [1.82, 2.24) is 9.80 Å². The third-order valence-electron chi connectivity index (χ3n) is 6.44. The molecule has 1 atom stereocenters. The van der Waals surface area contributed by atoms with Crippen LogP contribution in [0.15, 0.2) is 72.6 Å². The predicted octanol–water partition coefficient (Wildman–Crippen LogP) is 5.84. The summed E-state index contributed by atoms with van der Waals surface area (Å²) in [5.41, 5.74) is 2.25. The van der Waals surface area contributed by atoms with Crippen LogP contribution in [0.3, 0.4) is 0 Å². The van der Waals surface area contributed by atoms with Crippen LogP contribution in [0.4, 0.5) is 4.39 Å². The SMILES string of the molecule is C=CCN(CC(=O)N1CCc2sccc2[C@@H]1COc1ccc(C(C)C)cc1)C(=O)c1ccccc1F. The third-order valence-corrected chi connectivity index (χ3v) is 7.43. The molecule has 0 N–H and O–H groups in total. The summed E-state index contributed by atoms with van der Waals surface area (Å²) in [6.07, 6.45) is 2.29. The summed E-state index contributed by atoms with van der Waals surface area (Å²) in [6.45, 7) is 8.80. The molecule has 0 saturated heterocycles. The lowest BCUT2D eigenvalue weighted by Gasteiger charge is -2.37. The van der Waals surface area contributed by atoms with E-state index in [0.29, 0.717) is 19.1 Å². The van der Waals surface area contributed by atoms with Crippen molar-refractivity contribution in [2.24, 2.45) is 0 Å². The first-order valence-corrected chi connectivity index (χ1v) is 13.0. The van der Waals surface area contributed by atoms with Crippen LogP contribution in [0, 0.1) is 5.82 Å². The zero-order chi connectivity index (χ0) is 25.7. The van der Waals surface area contributed by atoms with Gasteiger partial charge in [-0.25, -0.2) is 4.39 Å². The van der Waals surface area contributed by atoms with Crippen molar-refractivity contribution in [2.45, 2.75) is 32.2 Å². The summed E-state index contributed by atoms with van der Waals surface area (Å²) < 4.78 is 20.4. The number of amides is 2. The number of ether oxygens (including phenoxy) is 1. The van der Waals surface area contributed by atoms with Crippen LogP contribution in [-0.4, -0.2) is 47.9 Å². The fourth-order valence-corrected chi connectivity index (χ4v) is 5.36. The molecule has 0 spiro atoms. The molecular formula is C29H31FN2O3S. The molecule has 2 amide bonds. The monoisotopic (exact) mass is 506 g/mol. The van der Waals surface area contributed by atoms with Crippen molar-refractivity contribution in [3.8, 4) is 5.75 Å². The van der Waals surface area contributed by atoms with E-state index in [1.807, 2.05) is 23.6 Å². The Morgan fingerprint density at radius 3 is 2.64 bits per heavy atom. The number of thiophene rings is 1. The Kier molecular flexibility index (Phi) is 8.21. The lowest BCUT2D eigenvalue weighted by Crippen LogP contribution is -2.48. The molecule has 188 valence electrons. The van der Waals surface area contributed by atoms with Gasteiger partial charge >= 0.3 is 0 Å². The van der Waals surface area contributed by atoms with E-state index < -0.39 is 11.7 Å². The minimum absolute atomic E-state index is 0.0596. The summed E-state index contributed by atoms with van der Waals surface area (Å²) in [6, 6.07) is 15.6. The standard InChI is InChI=1S/C29H31FN2O3S/c1-4-15-31(29(34)23-7-5-6-8-25(23)30)18-28(33)32-16-13-27-24(14-17-36-27)26(32)19-35-22-11-9-21(10-12-22)20(2)3/h4-12,14,17,20,26H,1,13,15-16,18-19H2,2-3H3/t26-/m0/s1. The van der Waals surface area contributed by atoms with Crippen LogP contribution in [0.1, 0.15) is 52.2 Å². The highest BCUT2D eigenvalue weighted by Crippen LogP contribution is 2.34. The largest absolute Gasteiger partial charge is 0.491 e. The van der Waals surface area contributed by atoms with Crippen molar-refractivity contribution in [2.75, 3.05) is 26.2 Å². The van der Waals surface area contributed by atoms with Gasteiger partial charge in [-0.3, -0.25) is 9.59 Å². The van der Waals surface area contributed by atoms with Gasteiger partial charge in [0, 0.05) is 18.0 Å². The fourth-order valence-electron chi connectivity index (χ4n) is 4.43. The van der Waals surface area contributed by atoms with E-state index in [4.69, 9.17) is 4.74 Å². The van der Waals surface area contributed by atoms with Gasteiger partial charge in [0.2, 0.25) is 5.91 Å². The van der Waals surface area contributed by atoms with Gasteiger partial charge in [-0.05, 0) is 59.2 Å². The van der Waals surface area contributed by atoms with Gasteiger partial charge in [0.1, 0.15) is 24.7 Å². The smallest absolute Gasteiger partial charge is 0.257 e. The third kappa shape index (κ3) is 5.68. The first kappa shape index (κ1) is 25.6. The Labute approximate surface area is 215 Å². The van der Waals surface area contributed by atoms with Gasteiger partial charge in [-0.1, -0.05) is 44.2 Å². The number of rotatable bonds is 9. The topological polar surface area (TPSA) is 49.9 Å². The van der Waals surface area contributed by atoms with E-state index in [0.717, 1.165) is 17.7 Å². The van der Waals surface area contributed by atoms with Crippen LogP contribution in [0.5, 0.6) is 5.75 Å². The molecule has 1 aliphatic heterocycles. The van der Waals surface area contributed by atoms with Gasteiger partial charge in [-0.2, -0.15) is 0 Å². The van der Waals surface area contributed by atoms with Gasteiger partial charge in [0.05, 0.1) is 11.6 Å². The van der Waals surface area contributed by atoms with E-state index >= 15 is 0 Å². The molecule has 0 saturated carbocycles. The molecule has 1 aliphatic rings. The quantitative estimate of drug-likeness (QED) is 0.343. The van der Waals surface area contributed by atoms with Crippen LogP contribution >= 0.6 is 11.3 Å². The molecular weight excluding hydrogens is 475 g/mol. The summed E-state index contributed by atoms with van der Waals surface area (Å²) in [4.78, 5) is 30.9. The number of hydrogen-bond acceptors (Lipinski definition) is 4. The van der Waals surface area contributed by atoms with E-state index in [2.05, 4.69) is 32.6 Å². The molecule has 2 heterocycles. The van der Waals surface area contributed by atoms with Gasteiger partial charge < -0.3 is 14.5 Å². The predicted molar refractivity (Wildman–Crippen MR) is 141 cm³/mol. The molecule has 0 aliphatic carbocycles. The summed E-state index contributed by atoms with van der Waals surface area (Å²) in [5, 5.41) is 2.04. The number of hydrogen-bond donors (Lipinski definition) is 0. The van der Waals surface area contributed by atoms with E-state index in [1.54, 1.807) is 28.4 Å². The van der Waals surface area contributed by atoms with E-state index in [-0.39, 0.29) is 30.6 Å². The number of nitrogens with zero attached hydrogens (tertiary/aromatic N) is 2. The highest BCUT2D eigenvalue weighted by molar-refractivity contribution is 7.10. The normalized spacial score (nSPS) is 14.9. The molecule has 1 aromatic heterocycles. The van der Waals surface area contributed by atoms with E-state index in [1.165, 1.54) is 33.5 Å². The summed E-state index contributed by atoms with van der Waals surface area (Å²) >= 11 is 1.68. The molecule has 3 aromatic rings. The zero-order valence-electron chi connectivity index (χ0n) is 20.7. The van der Waals surface area contributed by atoms with Crippen molar-refractivity contribution in [1.29, 1.82) is 0 Å². The average molecular weight is 507 g/mol. The van der Waals surface area contributed by atoms with Crippen molar-refractivity contribution < 1.29 is 18.7 Å². The van der Waals surface area contributed by atoms with Crippen LogP contribution in [0.25, 0.3) is 0 Å². The maximum Gasteiger partial charge on any atom is 0.257 e. The zero-order valence-corrected chi connectivity index (χ0v) is 21.5. The maximum atomic E-state index is 14.3. The van der Waals surface area contributed by atoms with Gasteiger partial charge in [0.25, 0.3) is 5.91 Å². The lowest BCUT2D eigenvalue weighted by molar-refractivity contribution is -0.135. The van der Waals surface area contributed by atoms with E-state index in [9.17, 15) is 14.0 Å². The minimum Gasteiger partial charge on any atom is -0.491 e. The van der Waals surface area contributed by atoms with Crippen molar-refractivity contribution in [3.05, 3.63) is 100 Å². The van der Waals surface area contributed by atoms with Crippen LogP contribution < -0.4 is 4.74 Å². The second-order valence-corrected chi connectivity index (χ2v) is 10.1. The summed E-state index contributed by atoms with van der Waals surface area (Å²) in [7, 11) is 0. The number of benzene rings is 2. The molecule has 2 aromatic carbocycles. The Morgan fingerprint density at radius 2 is 1.94 bits per heavy atom.